The summed E-state index contributed by atoms with van der Waals surface area (Å²) in [7, 11) is 1.43. The summed E-state index contributed by atoms with van der Waals surface area (Å²) in [5.41, 5.74) is 0. The van der Waals surface area contributed by atoms with Crippen molar-refractivity contribution >= 4 is 22.7 Å². The summed E-state index contributed by atoms with van der Waals surface area (Å²) in [5.74, 6) is -0.568. The van der Waals surface area contributed by atoms with Crippen LogP contribution in [0.15, 0.2) is 4.99 Å². The minimum absolute atomic E-state index is 0.114. The van der Waals surface area contributed by atoms with Gasteiger partial charge in [-0.2, -0.15) is 0 Å². The van der Waals surface area contributed by atoms with Crippen LogP contribution >= 0.6 is 11.6 Å². The van der Waals surface area contributed by atoms with Gasteiger partial charge in [0.1, 0.15) is 0 Å². The monoisotopic (exact) mass is 149 g/mol. The summed E-state index contributed by atoms with van der Waals surface area (Å²) < 4.78 is 4.49. The zero-order valence-electron chi connectivity index (χ0n) is 5.35. The molecule has 0 fully saturated rings. The van der Waals surface area contributed by atoms with Gasteiger partial charge in [-0.15, -0.1) is 0 Å². The highest BCUT2D eigenvalue weighted by atomic mass is 35.5. The van der Waals surface area contributed by atoms with Gasteiger partial charge >= 0.3 is 5.97 Å². The molecule has 0 rings (SSSR count). The molecule has 0 atom stereocenters. The molecule has 0 N–H and O–H groups in total. The van der Waals surface area contributed by atoms with Crippen molar-refractivity contribution in [1.29, 1.82) is 0 Å². The van der Waals surface area contributed by atoms with Gasteiger partial charge in [0.2, 0.25) is 5.17 Å². The summed E-state index contributed by atoms with van der Waals surface area (Å²) >= 11 is 5.27. The molecule has 0 unspecified atom stereocenters. The average Bonchev–Trinajstić information content (AvgIpc) is 1.87. The zero-order chi connectivity index (χ0) is 7.28. The van der Waals surface area contributed by atoms with E-state index < -0.39 is 5.97 Å². The van der Waals surface area contributed by atoms with Gasteiger partial charge in [0.05, 0.1) is 6.61 Å². The van der Waals surface area contributed by atoms with Gasteiger partial charge in [-0.1, -0.05) is 11.6 Å². The second-order valence-electron chi connectivity index (χ2n) is 1.23. The highest BCUT2D eigenvalue weighted by molar-refractivity contribution is 6.81. The first-order valence-electron chi connectivity index (χ1n) is 2.51. The predicted molar refractivity (Wildman–Crippen MR) is 35.8 cm³/mol. The Hall–Kier alpha value is -0.570. The fraction of sp³-hybridized carbons (Fsp3) is 0.600. The molecule has 0 radical (unpaired) electrons. The highest BCUT2D eigenvalue weighted by Gasteiger charge is 2.05. The maximum atomic E-state index is 10.5. The minimum Gasteiger partial charge on any atom is -0.461 e. The number of hydrogen-bond acceptors (Lipinski definition) is 3. The van der Waals surface area contributed by atoms with Gasteiger partial charge < -0.3 is 4.74 Å². The Morgan fingerprint density at radius 1 is 1.78 bits per heavy atom. The highest BCUT2D eigenvalue weighted by Crippen LogP contribution is 1.88. The molecule has 0 spiro atoms. The van der Waals surface area contributed by atoms with E-state index in [0.29, 0.717) is 6.61 Å². The van der Waals surface area contributed by atoms with Crippen molar-refractivity contribution in [2.45, 2.75) is 6.92 Å². The van der Waals surface area contributed by atoms with E-state index in [4.69, 9.17) is 11.6 Å². The van der Waals surface area contributed by atoms with Gasteiger partial charge in [-0.05, 0) is 6.92 Å². The Bertz CT molecular complexity index is 133. The molecule has 0 aromatic heterocycles. The van der Waals surface area contributed by atoms with Gasteiger partial charge in [0.15, 0.2) is 0 Å². The Morgan fingerprint density at radius 2 is 2.33 bits per heavy atom. The van der Waals surface area contributed by atoms with Crippen LogP contribution in [-0.4, -0.2) is 24.8 Å². The number of hydrogen-bond donors (Lipinski definition) is 0. The number of rotatable bonds is 2. The van der Waals surface area contributed by atoms with E-state index in [-0.39, 0.29) is 5.17 Å². The molecule has 4 heteroatoms. The molecule has 0 aromatic carbocycles. The maximum absolute atomic E-state index is 10.5. The average molecular weight is 150 g/mol. The number of halogens is 1. The predicted octanol–water partition coefficient (Wildman–Crippen LogP) is 0.817. The van der Waals surface area contributed by atoms with E-state index in [1.54, 1.807) is 6.92 Å². The summed E-state index contributed by atoms with van der Waals surface area (Å²) in [5, 5.41) is -0.114. The van der Waals surface area contributed by atoms with E-state index in [1.807, 2.05) is 0 Å². The SMILES string of the molecule is CCOC(=O)/C(Cl)=N/C. The Balaban J connectivity index is 3.74. The minimum atomic E-state index is -0.568. The molecule has 0 aliphatic carbocycles. The smallest absolute Gasteiger partial charge is 0.368 e. The quantitative estimate of drug-likeness (QED) is 0.431. The molecule has 0 aliphatic rings. The molecule has 0 heterocycles. The maximum Gasteiger partial charge on any atom is 0.368 e. The second kappa shape index (κ2) is 4.32. The van der Waals surface area contributed by atoms with Gasteiger partial charge in [-0.25, -0.2) is 4.79 Å². The standard InChI is InChI=1S/C5H8ClNO2/c1-3-9-5(8)4(6)7-2/h3H2,1-2H3/b7-4-. The largest absolute Gasteiger partial charge is 0.461 e. The lowest BCUT2D eigenvalue weighted by molar-refractivity contribution is -0.134. The first-order chi connectivity index (χ1) is 4.22. The van der Waals surface area contributed by atoms with Gasteiger partial charge in [-0.3, -0.25) is 4.99 Å². The third-order valence-electron chi connectivity index (χ3n) is 0.640. The first-order valence-corrected chi connectivity index (χ1v) is 2.89. The van der Waals surface area contributed by atoms with Crippen LogP contribution in [-0.2, 0) is 9.53 Å². The Labute approximate surface area is 58.7 Å². The molecule has 0 aliphatic heterocycles. The third kappa shape index (κ3) is 3.08. The number of esters is 1. The van der Waals surface area contributed by atoms with E-state index in [9.17, 15) is 4.79 Å². The number of carbonyl (C=O) groups excluding carboxylic acids is 1. The van der Waals surface area contributed by atoms with Crippen molar-refractivity contribution in [3.8, 4) is 0 Å². The van der Waals surface area contributed by atoms with Gasteiger partial charge in [0, 0.05) is 7.05 Å². The van der Waals surface area contributed by atoms with Crippen molar-refractivity contribution in [3.63, 3.8) is 0 Å². The first kappa shape index (κ1) is 8.43. The third-order valence-corrected chi connectivity index (χ3v) is 0.964. The molecule has 3 nitrogen and oxygen atoms in total. The molecule has 0 saturated heterocycles. The summed E-state index contributed by atoms with van der Waals surface area (Å²) in [6.45, 7) is 2.03. The molecule has 0 bridgehead atoms. The Kier molecular flexibility index (Phi) is 4.05. The molecule has 0 saturated carbocycles. The number of carbonyl (C=O) groups is 1. The molecule has 0 amide bonds. The van der Waals surface area contributed by atoms with E-state index in [0.717, 1.165) is 0 Å². The molecule has 0 aromatic rings. The fourth-order valence-corrected chi connectivity index (χ4v) is 0.336. The van der Waals surface area contributed by atoms with E-state index in [2.05, 4.69) is 9.73 Å². The van der Waals surface area contributed by atoms with Crippen molar-refractivity contribution in [1.82, 2.24) is 0 Å². The van der Waals surface area contributed by atoms with Crippen molar-refractivity contribution < 1.29 is 9.53 Å². The van der Waals surface area contributed by atoms with Crippen LogP contribution in [0.4, 0.5) is 0 Å². The molecule has 9 heavy (non-hydrogen) atoms. The van der Waals surface area contributed by atoms with Crippen LogP contribution in [0.2, 0.25) is 0 Å². The lowest BCUT2D eigenvalue weighted by Gasteiger charge is -1.95. The fourth-order valence-electron chi connectivity index (χ4n) is 0.282. The number of ether oxygens (including phenoxy) is 1. The van der Waals surface area contributed by atoms with Crippen LogP contribution in [0.5, 0.6) is 0 Å². The van der Waals surface area contributed by atoms with Crippen LogP contribution in [0.25, 0.3) is 0 Å². The Morgan fingerprint density at radius 3 is 2.67 bits per heavy atom. The lowest BCUT2D eigenvalue weighted by atomic mass is 10.7. The van der Waals surface area contributed by atoms with Crippen molar-refractivity contribution in [2.24, 2.45) is 4.99 Å². The molecule has 52 valence electrons. The van der Waals surface area contributed by atoms with Crippen molar-refractivity contribution in [2.75, 3.05) is 13.7 Å². The van der Waals surface area contributed by atoms with Crippen LogP contribution < -0.4 is 0 Å². The summed E-state index contributed by atoms with van der Waals surface area (Å²) in [4.78, 5) is 13.9. The summed E-state index contributed by atoms with van der Waals surface area (Å²) in [6, 6.07) is 0. The summed E-state index contributed by atoms with van der Waals surface area (Å²) in [6.07, 6.45) is 0. The van der Waals surface area contributed by atoms with E-state index in [1.165, 1.54) is 7.05 Å². The van der Waals surface area contributed by atoms with Crippen molar-refractivity contribution in [3.05, 3.63) is 0 Å². The van der Waals surface area contributed by atoms with E-state index >= 15 is 0 Å². The van der Waals surface area contributed by atoms with Crippen LogP contribution in [0, 0.1) is 0 Å². The van der Waals surface area contributed by atoms with Crippen LogP contribution in [0.3, 0.4) is 0 Å². The molecular weight excluding hydrogens is 142 g/mol. The topological polar surface area (TPSA) is 38.7 Å². The van der Waals surface area contributed by atoms with Crippen LogP contribution in [0.1, 0.15) is 6.92 Å². The number of nitrogens with zero attached hydrogens (tertiary/aromatic N) is 1. The zero-order valence-corrected chi connectivity index (χ0v) is 6.10. The lowest BCUT2D eigenvalue weighted by Crippen LogP contribution is -2.11. The second-order valence-corrected chi connectivity index (χ2v) is 1.59. The molecular formula is C5H8ClNO2. The van der Waals surface area contributed by atoms with Gasteiger partial charge in [0.25, 0.3) is 0 Å². The normalized spacial score (nSPS) is 11.2. The number of aliphatic imine (C=N–C) groups is 1.